The number of ether oxygens (including phenoxy) is 1. The number of aliphatic hydroxyl groups excluding tert-OH is 1. The van der Waals surface area contributed by atoms with Crippen LogP contribution in [0.2, 0.25) is 0 Å². The van der Waals surface area contributed by atoms with E-state index in [0.717, 1.165) is 36.4 Å². The fourth-order valence-electron chi connectivity index (χ4n) is 2.27. The van der Waals surface area contributed by atoms with E-state index in [1.54, 1.807) is 13.3 Å². The van der Waals surface area contributed by atoms with Gasteiger partial charge in [0.25, 0.3) is 0 Å². The molecule has 0 radical (unpaired) electrons. The first-order valence-corrected chi connectivity index (χ1v) is 7.19. The Morgan fingerprint density at radius 2 is 2.29 bits per heavy atom. The number of rotatable bonds is 8. The van der Waals surface area contributed by atoms with Crippen molar-refractivity contribution < 1.29 is 9.84 Å². The van der Waals surface area contributed by atoms with Gasteiger partial charge in [0, 0.05) is 25.5 Å². The molecule has 5 heteroatoms. The third-order valence-electron chi connectivity index (χ3n) is 3.47. The zero-order valence-corrected chi connectivity index (χ0v) is 12.6. The van der Waals surface area contributed by atoms with E-state index in [4.69, 9.17) is 4.74 Å². The number of aromatic nitrogens is 2. The van der Waals surface area contributed by atoms with Gasteiger partial charge < -0.3 is 19.7 Å². The highest BCUT2D eigenvalue weighted by atomic mass is 16.5. The van der Waals surface area contributed by atoms with Crippen molar-refractivity contribution in [3.05, 3.63) is 48.0 Å². The lowest BCUT2D eigenvalue weighted by Gasteiger charge is -2.14. The van der Waals surface area contributed by atoms with E-state index in [1.807, 2.05) is 42.2 Å². The van der Waals surface area contributed by atoms with Crippen LogP contribution in [0.4, 0.5) is 0 Å². The zero-order chi connectivity index (χ0) is 15.1. The number of nitrogens with one attached hydrogen (secondary N) is 1. The van der Waals surface area contributed by atoms with Crippen molar-refractivity contribution in [2.75, 3.05) is 20.2 Å². The number of imidazole rings is 1. The van der Waals surface area contributed by atoms with E-state index in [2.05, 4.69) is 10.3 Å². The normalized spacial score (nSPS) is 12.3. The van der Waals surface area contributed by atoms with Crippen LogP contribution in [0.25, 0.3) is 0 Å². The van der Waals surface area contributed by atoms with Gasteiger partial charge in [0.15, 0.2) is 0 Å². The van der Waals surface area contributed by atoms with E-state index in [0.29, 0.717) is 6.54 Å². The van der Waals surface area contributed by atoms with Gasteiger partial charge in [0.1, 0.15) is 5.75 Å². The second-order valence-electron chi connectivity index (χ2n) is 5.10. The molecule has 2 aromatic rings. The van der Waals surface area contributed by atoms with Crippen molar-refractivity contribution in [3.63, 3.8) is 0 Å². The summed E-state index contributed by atoms with van der Waals surface area (Å²) < 4.78 is 7.27. The molecule has 0 aliphatic heterocycles. The summed E-state index contributed by atoms with van der Waals surface area (Å²) in [5.74, 6) is 0.847. The van der Waals surface area contributed by atoms with Crippen molar-refractivity contribution in [2.24, 2.45) is 0 Å². The summed E-state index contributed by atoms with van der Waals surface area (Å²) in [5, 5.41) is 13.5. The van der Waals surface area contributed by atoms with Crippen LogP contribution in [0.1, 0.15) is 23.7 Å². The molecule has 1 aromatic heterocycles. The Morgan fingerprint density at radius 3 is 2.95 bits per heavy atom. The number of aryl methyl sites for hydroxylation is 2. The fraction of sp³-hybridized carbons (Fsp3) is 0.438. The fourth-order valence-corrected chi connectivity index (χ4v) is 2.27. The van der Waals surface area contributed by atoms with Gasteiger partial charge in [0.05, 0.1) is 19.5 Å². The molecular formula is C16H23N3O2. The van der Waals surface area contributed by atoms with Crippen LogP contribution in [0.3, 0.4) is 0 Å². The van der Waals surface area contributed by atoms with Crippen LogP contribution in [0.15, 0.2) is 36.9 Å². The highest BCUT2D eigenvalue weighted by molar-refractivity contribution is 5.37. The average molecular weight is 289 g/mol. The first-order valence-electron chi connectivity index (χ1n) is 7.19. The number of benzene rings is 1. The molecule has 0 saturated carbocycles. The number of methoxy groups -OCH3 is 1. The Bertz CT molecular complexity index is 540. The summed E-state index contributed by atoms with van der Waals surface area (Å²) >= 11 is 0. The Balaban J connectivity index is 1.71. The molecule has 0 bridgehead atoms. The van der Waals surface area contributed by atoms with Gasteiger partial charge in [-0.3, -0.25) is 0 Å². The van der Waals surface area contributed by atoms with Crippen molar-refractivity contribution in [3.8, 4) is 5.75 Å². The van der Waals surface area contributed by atoms with Crippen LogP contribution in [0.5, 0.6) is 5.75 Å². The lowest BCUT2D eigenvalue weighted by atomic mass is 10.1. The van der Waals surface area contributed by atoms with Crippen LogP contribution in [-0.4, -0.2) is 34.9 Å². The number of hydrogen-bond acceptors (Lipinski definition) is 4. The number of nitrogens with zero attached hydrogens (tertiary/aromatic N) is 2. The maximum atomic E-state index is 10.2. The zero-order valence-electron chi connectivity index (χ0n) is 12.6. The summed E-state index contributed by atoms with van der Waals surface area (Å²) in [4.78, 5) is 4.00. The maximum absolute atomic E-state index is 10.2. The third-order valence-corrected chi connectivity index (χ3v) is 3.47. The van der Waals surface area contributed by atoms with E-state index in [1.165, 1.54) is 0 Å². The Morgan fingerprint density at radius 1 is 1.43 bits per heavy atom. The predicted molar refractivity (Wildman–Crippen MR) is 82.4 cm³/mol. The standard InChI is InChI=1S/C16H23N3O2/c1-13-10-14(4-5-16(13)21-2)15(20)11-17-6-3-8-19-9-7-18-12-19/h4-5,7,9-10,12,15,17,20H,3,6,8,11H2,1-2H3. The molecule has 1 aromatic carbocycles. The number of aliphatic hydroxyl groups is 1. The minimum Gasteiger partial charge on any atom is -0.496 e. The molecular weight excluding hydrogens is 266 g/mol. The lowest BCUT2D eigenvalue weighted by molar-refractivity contribution is 0.174. The van der Waals surface area contributed by atoms with Gasteiger partial charge in [-0.15, -0.1) is 0 Å². The van der Waals surface area contributed by atoms with Crippen LogP contribution in [-0.2, 0) is 6.54 Å². The minimum atomic E-state index is -0.497. The molecule has 1 heterocycles. The third kappa shape index (κ3) is 4.58. The second kappa shape index (κ2) is 7.81. The molecule has 0 aliphatic rings. The van der Waals surface area contributed by atoms with Crippen molar-refractivity contribution in [1.82, 2.24) is 14.9 Å². The Kier molecular flexibility index (Phi) is 5.78. The lowest BCUT2D eigenvalue weighted by Crippen LogP contribution is -2.23. The molecule has 0 spiro atoms. The maximum Gasteiger partial charge on any atom is 0.121 e. The Labute approximate surface area is 125 Å². The molecule has 0 saturated heterocycles. The quantitative estimate of drug-likeness (QED) is 0.729. The first-order chi connectivity index (χ1) is 10.2. The Hall–Kier alpha value is -1.85. The molecule has 1 unspecified atom stereocenters. The summed E-state index contributed by atoms with van der Waals surface area (Å²) in [7, 11) is 1.65. The van der Waals surface area contributed by atoms with E-state index in [9.17, 15) is 5.11 Å². The van der Waals surface area contributed by atoms with Crippen molar-refractivity contribution in [1.29, 1.82) is 0 Å². The van der Waals surface area contributed by atoms with Crippen LogP contribution >= 0.6 is 0 Å². The summed E-state index contributed by atoms with van der Waals surface area (Å²) in [5.41, 5.74) is 1.95. The van der Waals surface area contributed by atoms with Gasteiger partial charge in [-0.25, -0.2) is 4.98 Å². The predicted octanol–water partition coefficient (Wildman–Crippen LogP) is 1.91. The summed E-state index contributed by atoms with van der Waals surface area (Å²) in [6, 6.07) is 5.77. The molecule has 0 fully saturated rings. The highest BCUT2D eigenvalue weighted by Gasteiger charge is 2.08. The monoisotopic (exact) mass is 289 g/mol. The largest absolute Gasteiger partial charge is 0.496 e. The molecule has 0 amide bonds. The van der Waals surface area contributed by atoms with Gasteiger partial charge in [0.2, 0.25) is 0 Å². The highest BCUT2D eigenvalue weighted by Crippen LogP contribution is 2.22. The van der Waals surface area contributed by atoms with Gasteiger partial charge >= 0.3 is 0 Å². The van der Waals surface area contributed by atoms with Gasteiger partial charge in [-0.05, 0) is 43.1 Å². The number of hydrogen-bond donors (Lipinski definition) is 2. The van der Waals surface area contributed by atoms with E-state index >= 15 is 0 Å². The van der Waals surface area contributed by atoms with E-state index < -0.39 is 6.10 Å². The van der Waals surface area contributed by atoms with Crippen molar-refractivity contribution in [2.45, 2.75) is 26.0 Å². The molecule has 0 aliphatic carbocycles. The van der Waals surface area contributed by atoms with E-state index in [-0.39, 0.29) is 0 Å². The average Bonchev–Trinajstić information content (AvgIpc) is 3.00. The summed E-state index contributed by atoms with van der Waals surface area (Å²) in [6.07, 6.45) is 6.06. The molecule has 21 heavy (non-hydrogen) atoms. The molecule has 1 atom stereocenters. The smallest absolute Gasteiger partial charge is 0.121 e. The van der Waals surface area contributed by atoms with Gasteiger partial charge in [-0.1, -0.05) is 6.07 Å². The first kappa shape index (κ1) is 15.5. The van der Waals surface area contributed by atoms with Gasteiger partial charge in [-0.2, -0.15) is 0 Å². The molecule has 2 rings (SSSR count). The molecule has 2 N–H and O–H groups in total. The molecule has 114 valence electrons. The van der Waals surface area contributed by atoms with Crippen LogP contribution in [0, 0.1) is 6.92 Å². The topological polar surface area (TPSA) is 59.3 Å². The minimum absolute atomic E-state index is 0.497. The van der Waals surface area contributed by atoms with Crippen molar-refractivity contribution >= 4 is 0 Å². The van der Waals surface area contributed by atoms with Crippen LogP contribution < -0.4 is 10.1 Å². The summed E-state index contributed by atoms with van der Waals surface area (Å²) in [6.45, 7) is 4.33. The molecule has 5 nitrogen and oxygen atoms in total. The SMILES string of the molecule is COc1ccc(C(O)CNCCCn2ccnc2)cc1C. The second-order valence-corrected chi connectivity index (χ2v) is 5.10.